The maximum Gasteiger partial charge on any atom is 0.573 e. The van der Waals surface area contributed by atoms with Crippen LogP contribution in [-0.2, 0) is 22.6 Å². The van der Waals surface area contributed by atoms with Crippen molar-refractivity contribution >= 4 is 28.6 Å². The summed E-state index contributed by atoms with van der Waals surface area (Å²) in [6.07, 6.45) is -5.26. The first-order valence-electron chi connectivity index (χ1n) is 5.42. The van der Waals surface area contributed by atoms with Crippen molar-refractivity contribution in [3.8, 4) is 5.75 Å². The van der Waals surface area contributed by atoms with E-state index in [4.69, 9.17) is 0 Å². The van der Waals surface area contributed by atoms with Crippen LogP contribution in [0.4, 0.5) is 17.6 Å². The quantitative estimate of drug-likeness (QED) is 0.428. The van der Waals surface area contributed by atoms with E-state index in [1.54, 1.807) is 29.5 Å². The summed E-state index contributed by atoms with van der Waals surface area (Å²) >= 11 is 1.56. The molecule has 0 bridgehead atoms. The minimum Gasteiger partial charge on any atom is -0.466 e. The van der Waals surface area contributed by atoms with Gasteiger partial charge in [-0.15, -0.1) is 13.2 Å². The standard InChI is InChI=1S/C11H10F4INO3/c1-2-19-9(18)4-7-10(16)8(20-11(13,14)15)3-6(5-12)17-7/h3H,2,4-5H2,1H3. The maximum absolute atomic E-state index is 12.6. The molecule has 112 valence electrons. The molecule has 1 rings (SSSR count). The normalized spacial score (nSPS) is 11.3. The Labute approximate surface area is 125 Å². The summed E-state index contributed by atoms with van der Waals surface area (Å²) < 4.78 is 57.8. The van der Waals surface area contributed by atoms with E-state index >= 15 is 0 Å². The second-order valence-corrected chi connectivity index (χ2v) is 4.61. The Morgan fingerprint density at radius 2 is 2.10 bits per heavy atom. The largest absolute Gasteiger partial charge is 0.573 e. The number of esters is 1. The van der Waals surface area contributed by atoms with Crippen LogP contribution in [-0.4, -0.2) is 23.9 Å². The van der Waals surface area contributed by atoms with Gasteiger partial charge >= 0.3 is 12.3 Å². The molecule has 0 N–H and O–H groups in total. The Bertz CT molecular complexity index is 493. The molecule has 0 amide bonds. The number of rotatable bonds is 5. The van der Waals surface area contributed by atoms with Crippen molar-refractivity contribution in [2.45, 2.75) is 26.4 Å². The third kappa shape index (κ3) is 5.10. The summed E-state index contributed by atoms with van der Waals surface area (Å²) in [6.45, 7) is 0.650. The molecule has 0 saturated carbocycles. The van der Waals surface area contributed by atoms with E-state index in [0.717, 1.165) is 6.07 Å². The molecular weight excluding hydrogens is 397 g/mol. The molecule has 0 atom stereocenters. The smallest absolute Gasteiger partial charge is 0.466 e. The summed E-state index contributed by atoms with van der Waals surface area (Å²) in [7, 11) is 0. The van der Waals surface area contributed by atoms with Crippen molar-refractivity contribution in [1.82, 2.24) is 4.98 Å². The maximum atomic E-state index is 12.6. The number of nitrogens with zero attached hydrogens (tertiary/aromatic N) is 1. The predicted molar refractivity (Wildman–Crippen MR) is 68.8 cm³/mol. The Morgan fingerprint density at radius 3 is 2.60 bits per heavy atom. The highest BCUT2D eigenvalue weighted by atomic mass is 127. The molecule has 0 radical (unpaired) electrons. The Hall–Kier alpha value is -1.13. The van der Waals surface area contributed by atoms with E-state index in [2.05, 4.69) is 14.5 Å². The lowest BCUT2D eigenvalue weighted by molar-refractivity contribution is -0.275. The Kier molecular flexibility index (Phi) is 5.96. The average Bonchev–Trinajstić information content (AvgIpc) is 2.32. The highest BCUT2D eigenvalue weighted by Gasteiger charge is 2.33. The topological polar surface area (TPSA) is 48.4 Å². The number of carbonyl (C=O) groups is 1. The third-order valence-corrected chi connectivity index (χ3v) is 3.18. The first kappa shape index (κ1) is 16.9. The molecule has 0 spiro atoms. The summed E-state index contributed by atoms with van der Waals surface area (Å²) in [5.74, 6) is -1.24. The van der Waals surface area contributed by atoms with E-state index in [1.807, 2.05) is 0 Å². The van der Waals surface area contributed by atoms with Gasteiger partial charge in [-0.1, -0.05) is 0 Å². The molecule has 0 aliphatic carbocycles. The van der Waals surface area contributed by atoms with Crippen molar-refractivity contribution in [2.75, 3.05) is 6.61 Å². The van der Waals surface area contributed by atoms with E-state index in [0.29, 0.717) is 0 Å². The molecule has 9 heteroatoms. The van der Waals surface area contributed by atoms with Crippen LogP contribution in [0, 0.1) is 3.57 Å². The van der Waals surface area contributed by atoms with Crippen molar-refractivity contribution in [2.24, 2.45) is 0 Å². The lowest BCUT2D eigenvalue weighted by atomic mass is 10.2. The first-order valence-corrected chi connectivity index (χ1v) is 6.50. The lowest BCUT2D eigenvalue weighted by Crippen LogP contribution is -2.19. The van der Waals surface area contributed by atoms with Crippen molar-refractivity contribution in [3.63, 3.8) is 0 Å². The molecule has 0 aromatic carbocycles. The molecule has 20 heavy (non-hydrogen) atoms. The highest BCUT2D eigenvalue weighted by Crippen LogP contribution is 2.30. The number of hydrogen-bond acceptors (Lipinski definition) is 4. The van der Waals surface area contributed by atoms with Gasteiger partial charge in [0.15, 0.2) is 0 Å². The van der Waals surface area contributed by atoms with Gasteiger partial charge in [0, 0.05) is 6.07 Å². The Morgan fingerprint density at radius 1 is 1.45 bits per heavy atom. The number of ether oxygens (including phenoxy) is 2. The van der Waals surface area contributed by atoms with E-state index < -0.39 is 24.8 Å². The molecule has 1 aromatic heterocycles. The van der Waals surface area contributed by atoms with Crippen LogP contribution in [0.15, 0.2) is 6.07 Å². The first-order chi connectivity index (χ1) is 9.26. The number of hydrogen-bond donors (Lipinski definition) is 0. The minimum atomic E-state index is -4.91. The molecule has 0 saturated heterocycles. The van der Waals surface area contributed by atoms with Crippen LogP contribution in [0.1, 0.15) is 18.3 Å². The molecule has 0 aliphatic heterocycles. The number of halogens is 5. The molecule has 0 fully saturated rings. The highest BCUT2D eigenvalue weighted by molar-refractivity contribution is 14.1. The number of pyridine rings is 1. The summed E-state index contributed by atoms with van der Waals surface area (Å²) in [6, 6.07) is 0.851. The van der Waals surface area contributed by atoms with Gasteiger partial charge in [-0.05, 0) is 29.5 Å². The van der Waals surface area contributed by atoms with E-state index in [1.165, 1.54) is 0 Å². The van der Waals surface area contributed by atoms with Crippen LogP contribution in [0.3, 0.4) is 0 Å². The van der Waals surface area contributed by atoms with Gasteiger partial charge in [0.1, 0.15) is 12.4 Å². The van der Waals surface area contributed by atoms with Gasteiger partial charge in [-0.2, -0.15) is 0 Å². The summed E-state index contributed by atoms with van der Waals surface area (Å²) in [5, 5.41) is 0. The van der Waals surface area contributed by atoms with Crippen LogP contribution in [0.25, 0.3) is 0 Å². The molecule has 4 nitrogen and oxygen atoms in total. The Balaban J connectivity index is 3.10. The number of carbonyl (C=O) groups excluding carboxylic acids is 1. The van der Waals surface area contributed by atoms with Gasteiger partial charge in [0.05, 0.1) is 28.0 Å². The van der Waals surface area contributed by atoms with Gasteiger partial charge in [-0.3, -0.25) is 9.78 Å². The fourth-order valence-electron chi connectivity index (χ4n) is 1.34. The SMILES string of the molecule is CCOC(=O)Cc1nc(CF)cc(OC(F)(F)F)c1I. The molecule has 1 heterocycles. The minimum absolute atomic E-state index is 0.00909. The predicted octanol–water partition coefficient (Wildman–Crippen LogP) is 3.16. The van der Waals surface area contributed by atoms with E-state index in [-0.39, 0.29) is 28.0 Å². The van der Waals surface area contributed by atoms with Crippen molar-refractivity contribution < 1.29 is 31.8 Å². The number of alkyl halides is 4. The molecular formula is C11H10F4INO3. The third-order valence-electron chi connectivity index (χ3n) is 2.03. The summed E-state index contributed by atoms with van der Waals surface area (Å²) in [5.41, 5.74) is -0.262. The number of aromatic nitrogens is 1. The van der Waals surface area contributed by atoms with Gasteiger partial charge < -0.3 is 9.47 Å². The zero-order chi connectivity index (χ0) is 15.3. The van der Waals surface area contributed by atoms with Crippen LogP contribution in [0.2, 0.25) is 0 Å². The fourth-order valence-corrected chi connectivity index (χ4v) is 1.92. The molecule has 0 unspecified atom stereocenters. The lowest BCUT2D eigenvalue weighted by Gasteiger charge is -2.13. The van der Waals surface area contributed by atoms with Crippen molar-refractivity contribution in [1.29, 1.82) is 0 Å². The summed E-state index contributed by atoms with van der Waals surface area (Å²) in [4.78, 5) is 15.1. The second kappa shape index (κ2) is 7.04. The van der Waals surface area contributed by atoms with Crippen LogP contribution >= 0.6 is 22.6 Å². The second-order valence-electron chi connectivity index (χ2n) is 3.54. The van der Waals surface area contributed by atoms with Gasteiger partial charge in [-0.25, -0.2) is 4.39 Å². The fraction of sp³-hybridized carbons (Fsp3) is 0.455. The monoisotopic (exact) mass is 407 g/mol. The van der Waals surface area contributed by atoms with Gasteiger partial charge in [0.2, 0.25) is 0 Å². The molecule has 1 aromatic rings. The van der Waals surface area contributed by atoms with Crippen LogP contribution < -0.4 is 4.74 Å². The average molecular weight is 407 g/mol. The molecule has 0 aliphatic rings. The van der Waals surface area contributed by atoms with Crippen molar-refractivity contribution in [3.05, 3.63) is 21.0 Å². The zero-order valence-electron chi connectivity index (χ0n) is 10.3. The zero-order valence-corrected chi connectivity index (χ0v) is 12.4. The van der Waals surface area contributed by atoms with E-state index in [9.17, 15) is 22.4 Å². The van der Waals surface area contributed by atoms with Crippen LogP contribution in [0.5, 0.6) is 5.75 Å². The van der Waals surface area contributed by atoms with Gasteiger partial charge in [0.25, 0.3) is 0 Å².